The van der Waals surface area contributed by atoms with Crippen LogP contribution in [0, 0.1) is 12.8 Å². The fourth-order valence-corrected chi connectivity index (χ4v) is 4.88. The zero-order chi connectivity index (χ0) is 15.6. The molecule has 6 heteroatoms. The fraction of sp³-hybridized carbons (Fsp3) is 0.600. The van der Waals surface area contributed by atoms with Gasteiger partial charge in [0.1, 0.15) is 0 Å². The van der Waals surface area contributed by atoms with E-state index in [1.165, 1.54) is 10.7 Å². The summed E-state index contributed by atoms with van der Waals surface area (Å²) in [5, 5.41) is 3.07. The maximum Gasteiger partial charge on any atom is 0.243 e. The van der Waals surface area contributed by atoms with Gasteiger partial charge in [-0.25, -0.2) is 12.7 Å². The Kier molecular flexibility index (Phi) is 5.46. The Bertz CT molecular complexity index is 612. The molecule has 0 aliphatic heterocycles. The van der Waals surface area contributed by atoms with Crippen LogP contribution >= 0.6 is 15.9 Å². The minimum absolute atomic E-state index is 0.370. The molecule has 0 amide bonds. The minimum atomic E-state index is -3.45. The first kappa shape index (κ1) is 16.9. The van der Waals surface area contributed by atoms with Gasteiger partial charge in [-0.2, -0.15) is 0 Å². The predicted octanol–water partition coefficient (Wildman–Crippen LogP) is 2.90. The molecule has 0 atom stereocenters. The summed E-state index contributed by atoms with van der Waals surface area (Å²) >= 11 is 3.44. The van der Waals surface area contributed by atoms with Gasteiger partial charge in [0.05, 0.1) is 4.90 Å². The van der Waals surface area contributed by atoms with Crippen molar-refractivity contribution in [3.05, 3.63) is 27.7 Å². The number of rotatable bonds is 6. The molecule has 0 saturated heterocycles. The molecule has 0 radical (unpaired) electrons. The number of halogens is 1. The minimum Gasteiger partial charge on any atom is -0.316 e. The quantitative estimate of drug-likeness (QED) is 0.832. The van der Waals surface area contributed by atoms with E-state index in [1.54, 1.807) is 13.1 Å². The van der Waals surface area contributed by atoms with Crippen LogP contribution in [-0.2, 0) is 16.6 Å². The van der Waals surface area contributed by atoms with E-state index < -0.39 is 10.0 Å². The largest absolute Gasteiger partial charge is 0.316 e. The van der Waals surface area contributed by atoms with Gasteiger partial charge >= 0.3 is 0 Å². The van der Waals surface area contributed by atoms with Gasteiger partial charge in [-0.1, -0.05) is 12.5 Å². The molecule has 1 aromatic carbocycles. The van der Waals surface area contributed by atoms with Crippen LogP contribution in [0.15, 0.2) is 21.5 Å². The van der Waals surface area contributed by atoms with Gasteiger partial charge in [0.2, 0.25) is 10.0 Å². The lowest BCUT2D eigenvalue weighted by atomic mass is 9.86. The van der Waals surface area contributed by atoms with E-state index in [-0.39, 0.29) is 0 Å². The highest BCUT2D eigenvalue weighted by Gasteiger charge is 2.28. The zero-order valence-corrected chi connectivity index (χ0v) is 15.2. The summed E-state index contributed by atoms with van der Waals surface area (Å²) in [4.78, 5) is 0.370. The van der Waals surface area contributed by atoms with Gasteiger partial charge in [-0.15, -0.1) is 0 Å². The molecule has 2 rings (SSSR count). The third kappa shape index (κ3) is 3.67. The molecule has 0 unspecified atom stereocenters. The van der Waals surface area contributed by atoms with Crippen LogP contribution in [0.25, 0.3) is 0 Å². The first-order chi connectivity index (χ1) is 9.86. The van der Waals surface area contributed by atoms with Crippen LogP contribution in [0.2, 0.25) is 0 Å². The van der Waals surface area contributed by atoms with Gasteiger partial charge < -0.3 is 5.32 Å². The molecule has 1 fully saturated rings. The summed E-state index contributed by atoms with van der Waals surface area (Å²) in [5.41, 5.74) is 1.92. The monoisotopic (exact) mass is 374 g/mol. The highest BCUT2D eigenvalue weighted by molar-refractivity contribution is 9.10. The molecule has 0 aromatic heterocycles. The Hall–Kier alpha value is -0.430. The topological polar surface area (TPSA) is 49.4 Å². The molecule has 1 aromatic rings. The molecular weight excluding hydrogens is 352 g/mol. The molecule has 21 heavy (non-hydrogen) atoms. The second kappa shape index (κ2) is 6.77. The molecule has 0 spiro atoms. The van der Waals surface area contributed by atoms with Crippen molar-refractivity contribution in [2.75, 3.05) is 20.6 Å². The summed E-state index contributed by atoms with van der Waals surface area (Å²) in [6, 6.07) is 3.77. The Morgan fingerprint density at radius 2 is 2.05 bits per heavy atom. The molecule has 1 N–H and O–H groups in total. The highest BCUT2D eigenvalue weighted by Crippen LogP contribution is 2.32. The molecular formula is C15H23BrN2O2S. The number of benzene rings is 1. The van der Waals surface area contributed by atoms with Crippen molar-refractivity contribution in [3.8, 4) is 0 Å². The maximum atomic E-state index is 12.8. The molecule has 1 saturated carbocycles. The summed E-state index contributed by atoms with van der Waals surface area (Å²) < 4.78 is 27.8. The van der Waals surface area contributed by atoms with E-state index in [2.05, 4.69) is 21.2 Å². The Labute approximate surface area is 136 Å². The van der Waals surface area contributed by atoms with Crippen molar-refractivity contribution in [1.29, 1.82) is 0 Å². The third-order valence-electron chi connectivity index (χ3n) is 4.09. The van der Waals surface area contributed by atoms with Crippen LogP contribution in [0.4, 0.5) is 0 Å². The highest BCUT2D eigenvalue weighted by atomic mass is 79.9. The van der Waals surface area contributed by atoms with E-state index in [1.807, 2.05) is 20.0 Å². The van der Waals surface area contributed by atoms with Crippen LogP contribution in [0.5, 0.6) is 0 Å². The van der Waals surface area contributed by atoms with Crippen molar-refractivity contribution < 1.29 is 8.42 Å². The van der Waals surface area contributed by atoms with Crippen molar-refractivity contribution in [3.63, 3.8) is 0 Å². The SMILES string of the molecule is CNCc1cc(C)c(Br)c(S(=O)(=O)N(C)CC2CCC2)c1. The smallest absolute Gasteiger partial charge is 0.243 e. The lowest BCUT2D eigenvalue weighted by Crippen LogP contribution is -2.34. The fourth-order valence-electron chi connectivity index (χ4n) is 2.61. The number of nitrogens with one attached hydrogen (secondary N) is 1. The van der Waals surface area contributed by atoms with Crippen molar-refractivity contribution in [2.24, 2.45) is 5.92 Å². The number of hydrogen-bond donors (Lipinski definition) is 1. The molecule has 118 valence electrons. The first-order valence-electron chi connectivity index (χ1n) is 7.26. The van der Waals surface area contributed by atoms with Crippen LogP contribution in [-0.4, -0.2) is 33.4 Å². The molecule has 0 heterocycles. The zero-order valence-electron chi connectivity index (χ0n) is 12.8. The standard InChI is InChI=1S/C15H23BrN2O2S/c1-11-7-13(9-17-2)8-14(15(11)16)21(19,20)18(3)10-12-5-4-6-12/h7-8,12,17H,4-6,9-10H2,1-3H3. The second-order valence-electron chi connectivity index (χ2n) is 5.84. The van der Waals surface area contributed by atoms with Gasteiger partial charge in [0.25, 0.3) is 0 Å². The summed E-state index contributed by atoms with van der Waals surface area (Å²) in [6.07, 6.45) is 3.50. The van der Waals surface area contributed by atoms with Gasteiger partial charge in [0.15, 0.2) is 0 Å². The van der Waals surface area contributed by atoms with Crippen LogP contribution in [0.3, 0.4) is 0 Å². The Morgan fingerprint density at radius 1 is 1.38 bits per heavy atom. The third-order valence-corrected chi connectivity index (χ3v) is 7.25. The maximum absolute atomic E-state index is 12.8. The lowest BCUT2D eigenvalue weighted by molar-refractivity contribution is 0.263. The van der Waals surface area contributed by atoms with E-state index >= 15 is 0 Å². The van der Waals surface area contributed by atoms with E-state index in [0.29, 0.717) is 28.4 Å². The molecule has 4 nitrogen and oxygen atoms in total. The predicted molar refractivity (Wildman–Crippen MR) is 88.8 cm³/mol. The van der Waals surface area contributed by atoms with Gasteiger partial charge in [0, 0.05) is 24.6 Å². The molecule has 0 bridgehead atoms. The van der Waals surface area contributed by atoms with E-state index in [9.17, 15) is 8.42 Å². The molecule has 1 aliphatic carbocycles. The van der Waals surface area contributed by atoms with E-state index in [4.69, 9.17) is 0 Å². The lowest BCUT2D eigenvalue weighted by Gasteiger charge is -2.30. The average Bonchev–Trinajstić information content (AvgIpc) is 2.37. The van der Waals surface area contributed by atoms with Crippen LogP contribution in [0.1, 0.15) is 30.4 Å². The van der Waals surface area contributed by atoms with Crippen molar-refractivity contribution >= 4 is 26.0 Å². The van der Waals surface area contributed by atoms with Crippen molar-refractivity contribution in [2.45, 2.75) is 37.6 Å². The van der Waals surface area contributed by atoms with Crippen molar-refractivity contribution in [1.82, 2.24) is 9.62 Å². The molecule has 1 aliphatic rings. The van der Waals surface area contributed by atoms with E-state index in [0.717, 1.165) is 24.0 Å². The summed E-state index contributed by atoms with van der Waals surface area (Å²) in [7, 11) is 0.0906. The Balaban J connectivity index is 2.33. The normalized spacial score (nSPS) is 16.2. The second-order valence-corrected chi connectivity index (χ2v) is 8.64. The number of hydrogen-bond acceptors (Lipinski definition) is 3. The Morgan fingerprint density at radius 3 is 2.57 bits per heavy atom. The number of sulfonamides is 1. The van der Waals surface area contributed by atoms with Crippen LogP contribution < -0.4 is 5.32 Å². The first-order valence-corrected chi connectivity index (χ1v) is 9.49. The summed E-state index contributed by atoms with van der Waals surface area (Å²) in [5.74, 6) is 0.519. The number of nitrogens with zero attached hydrogens (tertiary/aromatic N) is 1. The van der Waals surface area contributed by atoms with Gasteiger partial charge in [-0.3, -0.25) is 0 Å². The number of aryl methyl sites for hydroxylation is 1. The van der Waals surface area contributed by atoms with Gasteiger partial charge in [-0.05, 0) is 65.9 Å². The summed E-state index contributed by atoms with van der Waals surface area (Å²) in [6.45, 7) is 3.20. The average molecular weight is 375 g/mol.